The number of aromatic nitrogens is 5. The van der Waals surface area contributed by atoms with Gasteiger partial charge in [-0.3, -0.25) is 4.57 Å². The Balaban J connectivity index is 1.82. The lowest BCUT2D eigenvalue weighted by atomic mass is 10.2. The largest absolute Gasteiger partial charge is 0.494 e. The van der Waals surface area contributed by atoms with Crippen LogP contribution in [0.5, 0.6) is 11.5 Å². The van der Waals surface area contributed by atoms with Crippen LogP contribution >= 0.6 is 0 Å². The van der Waals surface area contributed by atoms with E-state index in [1.807, 2.05) is 0 Å². The SMILES string of the molecule is COc1cccc(OC)c1-n1c(CS(=O)(=O)[C@@H](C)[C@H](OC)c2ncc(F)cn2)nnc1-c1ccc(C)o1. The van der Waals surface area contributed by atoms with Crippen molar-refractivity contribution in [3.05, 3.63) is 66.0 Å². The van der Waals surface area contributed by atoms with Gasteiger partial charge < -0.3 is 18.6 Å². The summed E-state index contributed by atoms with van der Waals surface area (Å²) in [5, 5.41) is 7.35. The van der Waals surface area contributed by atoms with Crippen LogP contribution in [0.15, 0.2) is 47.1 Å². The lowest BCUT2D eigenvalue weighted by Crippen LogP contribution is -2.30. The molecule has 0 saturated heterocycles. The monoisotopic (exact) mass is 531 g/mol. The number of benzene rings is 1. The average molecular weight is 532 g/mol. The highest BCUT2D eigenvalue weighted by atomic mass is 32.2. The summed E-state index contributed by atoms with van der Waals surface area (Å²) in [6.45, 7) is 3.25. The third kappa shape index (κ3) is 5.18. The summed E-state index contributed by atoms with van der Waals surface area (Å²) in [6.07, 6.45) is 0.862. The van der Waals surface area contributed by atoms with Crippen LogP contribution in [-0.4, -0.2) is 59.7 Å². The van der Waals surface area contributed by atoms with Gasteiger partial charge in [0.25, 0.3) is 0 Å². The molecule has 0 spiro atoms. The minimum absolute atomic E-state index is 0.0413. The van der Waals surface area contributed by atoms with Crippen LogP contribution in [0, 0.1) is 12.7 Å². The molecule has 0 fully saturated rings. The Morgan fingerprint density at radius 1 is 1.03 bits per heavy atom. The number of furan rings is 1. The Hall–Kier alpha value is -3.84. The van der Waals surface area contributed by atoms with Crippen molar-refractivity contribution in [1.29, 1.82) is 0 Å². The minimum Gasteiger partial charge on any atom is -0.494 e. The van der Waals surface area contributed by atoms with Crippen molar-refractivity contribution < 1.29 is 31.4 Å². The first-order chi connectivity index (χ1) is 17.7. The van der Waals surface area contributed by atoms with E-state index in [0.29, 0.717) is 28.7 Å². The van der Waals surface area contributed by atoms with E-state index in [-0.39, 0.29) is 17.5 Å². The Morgan fingerprint density at radius 3 is 2.22 bits per heavy atom. The molecule has 0 aliphatic rings. The summed E-state index contributed by atoms with van der Waals surface area (Å²) in [6, 6.07) is 8.64. The van der Waals surface area contributed by atoms with Crippen molar-refractivity contribution in [3.8, 4) is 28.8 Å². The highest BCUT2D eigenvalue weighted by Crippen LogP contribution is 2.37. The maximum atomic E-state index is 13.6. The molecule has 3 heterocycles. The van der Waals surface area contributed by atoms with Gasteiger partial charge >= 0.3 is 0 Å². The molecule has 4 aromatic rings. The molecule has 1 aromatic carbocycles. The maximum absolute atomic E-state index is 13.6. The van der Waals surface area contributed by atoms with Gasteiger partial charge in [-0.05, 0) is 38.1 Å². The first kappa shape index (κ1) is 26.2. The van der Waals surface area contributed by atoms with E-state index in [1.165, 1.54) is 32.8 Å². The molecule has 0 N–H and O–H groups in total. The maximum Gasteiger partial charge on any atom is 0.204 e. The lowest BCUT2D eigenvalue weighted by molar-refractivity contribution is 0.0946. The van der Waals surface area contributed by atoms with Crippen LogP contribution in [0.1, 0.15) is 30.4 Å². The summed E-state index contributed by atoms with van der Waals surface area (Å²) in [7, 11) is 0.365. The topological polar surface area (TPSA) is 131 Å². The normalized spacial score (nSPS) is 13.4. The molecule has 11 nitrogen and oxygen atoms in total. The molecule has 2 atom stereocenters. The number of hydrogen-bond acceptors (Lipinski definition) is 10. The second-order valence-corrected chi connectivity index (χ2v) is 10.5. The van der Waals surface area contributed by atoms with Crippen LogP contribution in [0.3, 0.4) is 0 Å². The van der Waals surface area contributed by atoms with Gasteiger partial charge in [-0.1, -0.05) is 6.07 Å². The molecule has 0 aliphatic carbocycles. The molecule has 0 bridgehead atoms. The smallest absolute Gasteiger partial charge is 0.204 e. The molecule has 0 radical (unpaired) electrons. The second kappa shape index (κ2) is 10.6. The number of aryl methyl sites for hydroxylation is 1. The Kier molecular flexibility index (Phi) is 7.55. The fourth-order valence-corrected chi connectivity index (χ4v) is 5.31. The van der Waals surface area contributed by atoms with Crippen LogP contribution in [0.4, 0.5) is 4.39 Å². The predicted octanol–water partition coefficient (Wildman–Crippen LogP) is 3.47. The second-order valence-electron chi connectivity index (χ2n) is 8.12. The van der Waals surface area contributed by atoms with Gasteiger partial charge in [-0.2, -0.15) is 0 Å². The molecule has 4 rings (SSSR count). The van der Waals surface area contributed by atoms with Crippen molar-refractivity contribution >= 4 is 9.84 Å². The standard InChI is InChI=1S/C24H26FN5O6S/c1-14-9-10-19(36-14)24-29-28-20(30(24)21-17(33-3)7-6-8-18(21)34-4)13-37(31,32)15(2)22(35-5)23-26-11-16(25)12-27-23/h6-12,15,22H,13H2,1-5H3/t15-,22-/m0/s1. The van der Waals surface area contributed by atoms with E-state index < -0.39 is 32.8 Å². The van der Waals surface area contributed by atoms with Crippen molar-refractivity contribution in [3.63, 3.8) is 0 Å². The first-order valence-electron chi connectivity index (χ1n) is 11.1. The molecule has 0 saturated carbocycles. The molecular formula is C24H26FN5O6S. The Morgan fingerprint density at radius 2 is 1.68 bits per heavy atom. The number of hydrogen-bond donors (Lipinski definition) is 0. The third-order valence-corrected chi connectivity index (χ3v) is 7.83. The average Bonchev–Trinajstić information content (AvgIpc) is 3.50. The summed E-state index contributed by atoms with van der Waals surface area (Å²) in [5.41, 5.74) is 0.407. The van der Waals surface area contributed by atoms with Gasteiger partial charge in [0, 0.05) is 7.11 Å². The van der Waals surface area contributed by atoms with Crippen LogP contribution in [0.2, 0.25) is 0 Å². The van der Waals surface area contributed by atoms with Crippen LogP contribution in [-0.2, 0) is 20.3 Å². The minimum atomic E-state index is -3.95. The van der Waals surface area contributed by atoms with E-state index in [4.69, 9.17) is 18.6 Å². The number of methoxy groups -OCH3 is 3. The number of sulfone groups is 1. The summed E-state index contributed by atoms with van der Waals surface area (Å²) >= 11 is 0. The lowest BCUT2D eigenvalue weighted by Gasteiger charge is -2.22. The van der Waals surface area contributed by atoms with Gasteiger partial charge in [-0.15, -0.1) is 10.2 Å². The predicted molar refractivity (Wildman–Crippen MR) is 131 cm³/mol. The number of rotatable bonds is 10. The van der Waals surface area contributed by atoms with E-state index >= 15 is 0 Å². The summed E-state index contributed by atoms with van der Waals surface area (Å²) in [5.74, 6) is 1.06. The third-order valence-electron chi connectivity index (χ3n) is 5.79. The van der Waals surface area contributed by atoms with Crippen LogP contribution in [0.25, 0.3) is 17.3 Å². The van der Waals surface area contributed by atoms with Gasteiger partial charge in [0.1, 0.15) is 34.8 Å². The highest BCUT2D eigenvalue weighted by molar-refractivity contribution is 7.91. The van der Waals surface area contributed by atoms with Crippen molar-refractivity contribution in [2.24, 2.45) is 0 Å². The molecular weight excluding hydrogens is 505 g/mol. The first-order valence-corrected chi connectivity index (χ1v) is 12.9. The molecule has 196 valence electrons. The van der Waals surface area contributed by atoms with Crippen molar-refractivity contribution in [2.45, 2.75) is 31.0 Å². The van der Waals surface area contributed by atoms with Gasteiger partial charge in [0.05, 0.1) is 31.9 Å². The molecule has 3 aromatic heterocycles. The van der Waals surface area contributed by atoms with Crippen molar-refractivity contribution in [1.82, 2.24) is 24.7 Å². The Labute approximate surface area is 213 Å². The number of halogens is 1. The van der Waals surface area contributed by atoms with Gasteiger partial charge in [-0.25, -0.2) is 22.8 Å². The molecule has 0 unspecified atom stereocenters. The molecule has 13 heteroatoms. The fourth-order valence-electron chi connectivity index (χ4n) is 3.89. The number of para-hydroxylation sites is 1. The van der Waals surface area contributed by atoms with Gasteiger partial charge in [0.2, 0.25) is 5.82 Å². The molecule has 0 aliphatic heterocycles. The molecule has 37 heavy (non-hydrogen) atoms. The summed E-state index contributed by atoms with van der Waals surface area (Å²) < 4.78 is 64.4. The van der Waals surface area contributed by atoms with E-state index in [2.05, 4.69) is 20.2 Å². The summed E-state index contributed by atoms with van der Waals surface area (Å²) in [4.78, 5) is 7.79. The Bertz CT molecular complexity index is 1460. The van der Waals surface area contributed by atoms with E-state index in [9.17, 15) is 12.8 Å². The zero-order chi connectivity index (χ0) is 26.7. The van der Waals surface area contributed by atoms with Crippen LogP contribution < -0.4 is 9.47 Å². The fraction of sp³-hybridized carbons (Fsp3) is 0.333. The van der Waals surface area contributed by atoms with Gasteiger partial charge in [0.15, 0.2) is 33.1 Å². The number of nitrogens with zero attached hydrogens (tertiary/aromatic N) is 5. The zero-order valence-electron chi connectivity index (χ0n) is 20.9. The van der Waals surface area contributed by atoms with E-state index in [1.54, 1.807) is 37.3 Å². The quantitative estimate of drug-likeness (QED) is 0.300. The van der Waals surface area contributed by atoms with E-state index in [0.717, 1.165) is 12.4 Å². The zero-order valence-corrected chi connectivity index (χ0v) is 21.7. The highest BCUT2D eigenvalue weighted by Gasteiger charge is 2.35. The van der Waals surface area contributed by atoms with Crippen molar-refractivity contribution in [2.75, 3.05) is 21.3 Å². The number of ether oxygens (including phenoxy) is 3. The molecule has 0 amide bonds.